The van der Waals surface area contributed by atoms with Gasteiger partial charge in [0.2, 0.25) is 0 Å². The molecule has 1 atom stereocenters. The number of halogens is 1. The van der Waals surface area contributed by atoms with E-state index in [1.165, 1.54) is 0 Å². The molecule has 0 aromatic heterocycles. The summed E-state index contributed by atoms with van der Waals surface area (Å²) >= 11 is 5.94. The lowest BCUT2D eigenvalue weighted by Crippen LogP contribution is -2.34. The van der Waals surface area contributed by atoms with Crippen LogP contribution in [0.15, 0.2) is 18.2 Å². The van der Waals surface area contributed by atoms with Crippen molar-refractivity contribution in [2.24, 2.45) is 5.73 Å². The third kappa shape index (κ3) is 2.43. The quantitative estimate of drug-likeness (QED) is 0.861. The van der Waals surface area contributed by atoms with Gasteiger partial charge in [-0.05, 0) is 25.1 Å². The van der Waals surface area contributed by atoms with Gasteiger partial charge >= 0.3 is 0 Å². The first-order valence-electron chi connectivity index (χ1n) is 4.66. The molecule has 15 heavy (non-hydrogen) atoms. The molecule has 0 aliphatic carbocycles. The number of hydrogen-bond acceptors (Lipinski definition) is 3. The molecule has 0 saturated heterocycles. The Morgan fingerprint density at radius 2 is 2.07 bits per heavy atom. The first kappa shape index (κ1) is 12.3. The first-order chi connectivity index (χ1) is 7.07. The zero-order valence-corrected chi connectivity index (χ0v) is 9.97. The summed E-state index contributed by atoms with van der Waals surface area (Å²) in [5, 5.41) is 0.641. The van der Waals surface area contributed by atoms with Gasteiger partial charge in [-0.3, -0.25) is 0 Å². The Labute approximate surface area is 95.1 Å². The summed E-state index contributed by atoms with van der Waals surface area (Å²) in [4.78, 5) is 0. The minimum absolute atomic E-state index is 0.361. The Morgan fingerprint density at radius 1 is 1.40 bits per heavy atom. The third-order valence-corrected chi connectivity index (χ3v) is 2.81. The molecule has 1 aromatic rings. The predicted molar refractivity (Wildman–Crippen MR) is 61.4 cm³/mol. The number of ether oxygens (including phenoxy) is 2. The summed E-state index contributed by atoms with van der Waals surface area (Å²) < 4.78 is 10.7. The van der Waals surface area contributed by atoms with Crippen LogP contribution in [0.3, 0.4) is 0 Å². The van der Waals surface area contributed by atoms with Crippen molar-refractivity contribution in [3.63, 3.8) is 0 Å². The molecule has 2 N–H and O–H groups in total. The molecule has 1 unspecified atom stereocenters. The van der Waals surface area contributed by atoms with Gasteiger partial charge in [0.1, 0.15) is 11.4 Å². The van der Waals surface area contributed by atoms with Crippen LogP contribution in [0.2, 0.25) is 5.02 Å². The molecule has 0 radical (unpaired) electrons. The van der Waals surface area contributed by atoms with Crippen LogP contribution in [-0.2, 0) is 10.3 Å². The first-order valence-corrected chi connectivity index (χ1v) is 5.04. The summed E-state index contributed by atoms with van der Waals surface area (Å²) in [5.74, 6) is 0.731. The Bertz CT molecular complexity index is 337. The van der Waals surface area contributed by atoms with Gasteiger partial charge in [-0.2, -0.15) is 0 Å². The van der Waals surface area contributed by atoms with Crippen LogP contribution < -0.4 is 10.5 Å². The van der Waals surface area contributed by atoms with Gasteiger partial charge in [0.25, 0.3) is 0 Å². The van der Waals surface area contributed by atoms with Crippen LogP contribution in [0.1, 0.15) is 12.5 Å². The Balaban J connectivity index is 3.26. The highest BCUT2D eigenvalue weighted by atomic mass is 35.5. The van der Waals surface area contributed by atoms with Crippen molar-refractivity contribution in [3.8, 4) is 5.75 Å². The van der Waals surface area contributed by atoms with E-state index in [2.05, 4.69) is 0 Å². The van der Waals surface area contributed by atoms with E-state index < -0.39 is 5.60 Å². The van der Waals surface area contributed by atoms with Gasteiger partial charge in [0.15, 0.2) is 0 Å². The van der Waals surface area contributed by atoms with E-state index in [-0.39, 0.29) is 0 Å². The maximum atomic E-state index is 5.94. The molecule has 1 rings (SSSR count). The smallest absolute Gasteiger partial charge is 0.125 e. The lowest BCUT2D eigenvalue weighted by Gasteiger charge is -2.28. The third-order valence-electron chi connectivity index (χ3n) is 2.57. The fourth-order valence-electron chi connectivity index (χ4n) is 1.40. The van der Waals surface area contributed by atoms with E-state index >= 15 is 0 Å². The normalized spacial score (nSPS) is 14.7. The summed E-state index contributed by atoms with van der Waals surface area (Å²) in [6.45, 7) is 2.27. The van der Waals surface area contributed by atoms with Gasteiger partial charge in [-0.15, -0.1) is 0 Å². The molecule has 3 nitrogen and oxygen atoms in total. The summed E-state index contributed by atoms with van der Waals surface area (Å²) in [5.41, 5.74) is 5.99. The lowest BCUT2D eigenvalue weighted by atomic mass is 9.95. The summed E-state index contributed by atoms with van der Waals surface area (Å²) in [6, 6.07) is 5.40. The molecule has 4 heteroatoms. The number of rotatable bonds is 4. The standard InChI is InChI=1S/C11H16ClNO2/c1-11(7-13,15-3)9-6-8(12)4-5-10(9)14-2/h4-6H,7,13H2,1-3H3. The zero-order chi connectivity index (χ0) is 11.5. The molecular weight excluding hydrogens is 214 g/mol. The fraction of sp³-hybridized carbons (Fsp3) is 0.455. The van der Waals surface area contributed by atoms with E-state index in [1.807, 2.05) is 19.1 Å². The Morgan fingerprint density at radius 3 is 2.53 bits per heavy atom. The van der Waals surface area contributed by atoms with Crippen molar-refractivity contribution in [3.05, 3.63) is 28.8 Å². The summed E-state index contributed by atoms with van der Waals surface area (Å²) in [6.07, 6.45) is 0. The SMILES string of the molecule is COc1ccc(Cl)cc1C(C)(CN)OC. The van der Waals surface area contributed by atoms with Crippen molar-refractivity contribution < 1.29 is 9.47 Å². The van der Waals surface area contributed by atoms with E-state index in [0.29, 0.717) is 11.6 Å². The molecule has 0 aliphatic heterocycles. The zero-order valence-electron chi connectivity index (χ0n) is 9.21. The topological polar surface area (TPSA) is 44.5 Å². The van der Waals surface area contributed by atoms with E-state index in [0.717, 1.165) is 11.3 Å². The molecule has 0 spiro atoms. The predicted octanol–water partition coefficient (Wildman–Crippen LogP) is 2.17. The molecule has 84 valence electrons. The molecule has 0 aliphatic rings. The van der Waals surface area contributed by atoms with Crippen molar-refractivity contribution in [1.82, 2.24) is 0 Å². The van der Waals surface area contributed by atoms with Crippen LogP contribution in [-0.4, -0.2) is 20.8 Å². The minimum Gasteiger partial charge on any atom is -0.496 e. The van der Waals surface area contributed by atoms with Crippen LogP contribution in [0.5, 0.6) is 5.75 Å². The van der Waals surface area contributed by atoms with Crippen molar-refractivity contribution in [2.45, 2.75) is 12.5 Å². The molecule has 0 heterocycles. The van der Waals surface area contributed by atoms with Crippen LogP contribution in [0.25, 0.3) is 0 Å². The van der Waals surface area contributed by atoms with Gasteiger partial charge < -0.3 is 15.2 Å². The second kappa shape index (κ2) is 4.84. The summed E-state index contributed by atoms with van der Waals surface area (Å²) in [7, 11) is 3.23. The second-order valence-electron chi connectivity index (χ2n) is 3.48. The highest BCUT2D eigenvalue weighted by molar-refractivity contribution is 6.30. The Kier molecular flexibility index (Phi) is 3.97. The van der Waals surface area contributed by atoms with Crippen LogP contribution in [0, 0.1) is 0 Å². The highest BCUT2D eigenvalue weighted by Gasteiger charge is 2.28. The maximum Gasteiger partial charge on any atom is 0.125 e. The second-order valence-corrected chi connectivity index (χ2v) is 3.92. The lowest BCUT2D eigenvalue weighted by molar-refractivity contribution is 0.00823. The van der Waals surface area contributed by atoms with Gasteiger partial charge in [-0.25, -0.2) is 0 Å². The van der Waals surface area contributed by atoms with Gasteiger partial charge in [-0.1, -0.05) is 11.6 Å². The van der Waals surface area contributed by atoms with Crippen LogP contribution >= 0.6 is 11.6 Å². The van der Waals surface area contributed by atoms with Gasteiger partial charge in [0.05, 0.1) is 7.11 Å². The Hall–Kier alpha value is -0.770. The molecule has 0 fully saturated rings. The number of benzene rings is 1. The average Bonchev–Trinajstić information content (AvgIpc) is 2.28. The van der Waals surface area contributed by atoms with E-state index in [9.17, 15) is 0 Å². The van der Waals surface area contributed by atoms with Crippen molar-refractivity contribution in [1.29, 1.82) is 0 Å². The van der Waals surface area contributed by atoms with Crippen LogP contribution in [0.4, 0.5) is 0 Å². The molecular formula is C11H16ClNO2. The van der Waals surface area contributed by atoms with Crippen molar-refractivity contribution >= 4 is 11.6 Å². The number of nitrogens with two attached hydrogens (primary N) is 1. The maximum absolute atomic E-state index is 5.94. The molecule has 0 amide bonds. The monoisotopic (exact) mass is 229 g/mol. The minimum atomic E-state index is -0.573. The van der Waals surface area contributed by atoms with E-state index in [4.69, 9.17) is 26.8 Å². The van der Waals surface area contributed by atoms with Gasteiger partial charge in [0, 0.05) is 24.2 Å². The number of hydrogen-bond donors (Lipinski definition) is 1. The average molecular weight is 230 g/mol. The highest BCUT2D eigenvalue weighted by Crippen LogP contribution is 2.33. The fourth-order valence-corrected chi connectivity index (χ4v) is 1.57. The molecule has 0 saturated carbocycles. The van der Waals surface area contributed by atoms with E-state index in [1.54, 1.807) is 20.3 Å². The molecule has 0 bridgehead atoms. The molecule has 1 aromatic carbocycles. The van der Waals surface area contributed by atoms with Crippen molar-refractivity contribution in [2.75, 3.05) is 20.8 Å². The largest absolute Gasteiger partial charge is 0.496 e. The number of methoxy groups -OCH3 is 2.